The van der Waals surface area contributed by atoms with Crippen LogP contribution in [0.25, 0.3) is 6.08 Å². The number of carbonyl (C=O) groups excluding carboxylic acids is 1. The van der Waals surface area contributed by atoms with E-state index < -0.39 is 0 Å². The number of halogens is 1. The molecule has 148 valence electrons. The van der Waals surface area contributed by atoms with Crippen LogP contribution >= 0.6 is 11.6 Å². The molecule has 7 heteroatoms. The summed E-state index contributed by atoms with van der Waals surface area (Å²) in [5, 5.41) is 3.13. The Morgan fingerprint density at radius 1 is 1.04 bits per heavy atom. The van der Waals surface area contributed by atoms with E-state index in [1.165, 1.54) is 20.3 Å². The zero-order chi connectivity index (χ0) is 20.5. The van der Waals surface area contributed by atoms with E-state index in [1.807, 2.05) is 6.07 Å². The third-order valence-corrected chi connectivity index (χ3v) is 4.00. The molecule has 0 saturated heterocycles. The van der Waals surface area contributed by atoms with Crippen LogP contribution in [0.1, 0.15) is 5.56 Å². The summed E-state index contributed by atoms with van der Waals surface area (Å²) in [6.45, 7) is 3.99. The number of benzene rings is 2. The fourth-order valence-corrected chi connectivity index (χ4v) is 2.59. The topological polar surface area (TPSA) is 66.0 Å². The molecule has 2 rings (SSSR count). The van der Waals surface area contributed by atoms with Crippen LogP contribution in [0.4, 0.5) is 5.69 Å². The molecule has 2 aromatic rings. The number of ether oxygens (including phenoxy) is 4. The lowest BCUT2D eigenvalue weighted by molar-refractivity contribution is -0.111. The van der Waals surface area contributed by atoms with Gasteiger partial charge in [-0.15, -0.1) is 0 Å². The summed E-state index contributed by atoms with van der Waals surface area (Å²) in [7, 11) is 4.54. The largest absolute Gasteiger partial charge is 0.495 e. The maximum absolute atomic E-state index is 12.3. The first-order valence-electron chi connectivity index (χ1n) is 8.34. The molecule has 1 N–H and O–H groups in total. The van der Waals surface area contributed by atoms with Crippen molar-refractivity contribution >= 4 is 29.3 Å². The molecular formula is C21H22ClNO5. The lowest BCUT2D eigenvalue weighted by Gasteiger charge is -2.12. The molecule has 0 unspecified atom stereocenters. The Morgan fingerprint density at radius 3 is 2.39 bits per heavy atom. The molecule has 6 nitrogen and oxygen atoms in total. The van der Waals surface area contributed by atoms with Crippen molar-refractivity contribution in [3.05, 3.63) is 59.6 Å². The van der Waals surface area contributed by atoms with Crippen LogP contribution in [0.15, 0.2) is 49.1 Å². The van der Waals surface area contributed by atoms with Gasteiger partial charge in [0.25, 0.3) is 0 Å². The highest BCUT2D eigenvalue weighted by Gasteiger charge is 2.11. The van der Waals surface area contributed by atoms with Crippen LogP contribution in [0.2, 0.25) is 5.02 Å². The monoisotopic (exact) mass is 403 g/mol. The number of amides is 1. The summed E-state index contributed by atoms with van der Waals surface area (Å²) >= 11 is 6.07. The van der Waals surface area contributed by atoms with Crippen molar-refractivity contribution in [1.82, 2.24) is 0 Å². The van der Waals surface area contributed by atoms with Crippen LogP contribution in [0.5, 0.6) is 23.0 Å². The first-order chi connectivity index (χ1) is 13.5. The van der Waals surface area contributed by atoms with E-state index in [2.05, 4.69) is 11.9 Å². The highest BCUT2D eigenvalue weighted by molar-refractivity contribution is 6.32. The van der Waals surface area contributed by atoms with Gasteiger partial charge in [0.1, 0.15) is 18.1 Å². The Morgan fingerprint density at radius 2 is 1.75 bits per heavy atom. The minimum absolute atomic E-state index is 0.339. The Kier molecular flexibility index (Phi) is 7.77. The number of methoxy groups -OCH3 is 3. The summed E-state index contributed by atoms with van der Waals surface area (Å²) in [6.07, 6.45) is 4.71. The van der Waals surface area contributed by atoms with Gasteiger partial charge in [-0.3, -0.25) is 4.79 Å². The van der Waals surface area contributed by atoms with Crippen LogP contribution in [-0.2, 0) is 4.79 Å². The number of anilines is 1. The molecule has 0 heterocycles. The van der Waals surface area contributed by atoms with E-state index in [9.17, 15) is 4.79 Å². The van der Waals surface area contributed by atoms with Crippen LogP contribution < -0.4 is 24.3 Å². The predicted molar refractivity (Wildman–Crippen MR) is 111 cm³/mol. The van der Waals surface area contributed by atoms with Gasteiger partial charge in [0.15, 0.2) is 11.5 Å². The first kappa shape index (κ1) is 21.2. The molecule has 0 fully saturated rings. The molecule has 0 saturated carbocycles. The second-order valence-corrected chi connectivity index (χ2v) is 5.93. The quantitative estimate of drug-likeness (QED) is 0.490. The van der Waals surface area contributed by atoms with Crippen LogP contribution in [-0.4, -0.2) is 33.8 Å². The van der Waals surface area contributed by atoms with Crippen molar-refractivity contribution in [2.24, 2.45) is 0 Å². The van der Waals surface area contributed by atoms with Gasteiger partial charge in [0.2, 0.25) is 5.91 Å². The molecule has 0 atom stereocenters. The van der Waals surface area contributed by atoms with E-state index in [4.69, 9.17) is 30.5 Å². The normalized spacial score (nSPS) is 10.4. The molecule has 0 bridgehead atoms. The fourth-order valence-electron chi connectivity index (χ4n) is 2.36. The highest BCUT2D eigenvalue weighted by atomic mass is 35.5. The van der Waals surface area contributed by atoms with Gasteiger partial charge in [-0.1, -0.05) is 30.3 Å². The number of hydrogen-bond donors (Lipinski definition) is 1. The van der Waals surface area contributed by atoms with Crippen LogP contribution in [0, 0.1) is 0 Å². The average molecular weight is 404 g/mol. The van der Waals surface area contributed by atoms with Gasteiger partial charge in [0, 0.05) is 18.2 Å². The van der Waals surface area contributed by atoms with E-state index in [0.717, 1.165) is 5.56 Å². The zero-order valence-electron chi connectivity index (χ0n) is 16.0. The third-order valence-electron chi connectivity index (χ3n) is 3.70. The molecule has 0 spiro atoms. The van der Waals surface area contributed by atoms with E-state index >= 15 is 0 Å². The molecule has 0 aromatic heterocycles. The molecule has 0 radical (unpaired) electrons. The standard InChI is InChI=1S/C21H22ClNO5/c1-5-10-28-17-8-6-14(11-20(17)27-4)7-9-21(24)23-16-13-18(25-2)15(22)12-19(16)26-3/h5-9,11-13H,1,10H2,2-4H3,(H,23,24)/b9-7+. The fraction of sp³-hybridized carbons (Fsp3) is 0.190. The average Bonchev–Trinajstić information content (AvgIpc) is 2.71. The number of nitrogens with one attached hydrogen (secondary N) is 1. The Bertz CT molecular complexity index is 879. The van der Waals surface area contributed by atoms with Crippen molar-refractivity contribution in [3.8, 4) is 23.0 Å². The summed E-state index contributed by atoms with van der Waals surface area (Å²) in [6, 6.07) is 8.53. The van der Waals surface area contributed by atoms with Crippen molar-refractivity contribution < 1.29 is 23.7 Å². The molecule has 0 aliphatic carbocycles. The molecule has 2 aromatic carbocycles. The summed E-state index contributed by atoms with van der Waals surface area (Å²) < 4.78 is 21.2. The van der Waals surface area contributed by atoms with Crippen molar-refractivity contribution in [2.45, 2.75) is 0 Å². The summed E-state index contributed by atoms with van der Waals surface area (Å²) in [5.41, 5.74) is 1.22. The van der Waals surface area contributed by atoms with Gasteiger partial charge < -0.3 is 24.3 Å². The van der Waals surface area contributed by atoms with Gasteiger partial charge >= 0.3 is 0 Å². The SMILES string of the molecule is C=CCOc1ccc(/C=C/C(=O)Nc2cc(OC)c(Cl)cc2OC)cc1OC. The second-order valence-electron chi connectivity index (χ2n) is 5.52. The first-order valence-corrected chi connectivity index (χ1v) is 8.72. The Balaban J connectivity index is 2.15. The number of hydrogen-bond acceptors (Lipinski definition) is 5. The Labute approximate surface area is 169 Å². The molecule has 0 aliphatic heterocycles. The lowest BCUT2D eigenvalue weighted by atomic mass is 10.2. The predicted octanol–water partition coefficient (Wildman–Crippen LogP) is 4.58. The number of carbonyl (C=O) groups is 1. The third kappa shape index (κ3) is 5.44. The van der Waals surface area contributed by atoms with E-state index in [0.29, 0.717) is 40.3 Å². The zero-order valence-corrected chi connectivity index (χ0v) is 16.7. The van der Waals surface area contributed by atoms with Crippen molar-refractivity contribution in [3.63, 3.8) is 0 Å². The minimum Gasteiger partial charge on any atom is -0.495 e. The lowest BCUT2D eigenvalue weighted by Crippen LogP contribution is -2.09. The van der Waals surface area contributed by atoms with Gasteiger partial charge in [-0.2, -0.15) is 0 Å². The second kappa shape index (κ2) is 10.3. The molecular weight excluding hydrogens is 382 g/mol. The maximum Gasteiger partial charge on any atom is 0.248 e. The molecule has 1 amide bonds. The van der Waals surface area contributed by atoms with Crippen LogP contribution in [0.3, 0.4) is 0 Å². The van der Waals surface area contributed by atoms with Crippen molar-refractivity contribution in [1.29, 1.82) is 0 Å². The summed E-state index contributed by atoms with van der Waals surface area (Å²) in [5.74, 6) is 1.68. The Hall–Kier alpha value is -3.12. The van der Waals surface area contributed by atoms with Crippen molar-refractivity contribution in [2.75, 3.05) is 33.3 Å². The minimum atomic E-state index is -0.339. The van der Waals surface area contributed by atoms with E-state index in [-0.39, 0.29) is 5.91 Å². The summed E-state index contributed by atoms with van der Waals surface area (Å²) in [4.78, 5) is 12.3. The molecule has 28 heavy (non-hydrogen) atoms. The van der Waals surface area contributed by atoms with Gasteiger partial charge in [-0.05, 0) is 23.8 Å². The smallest absolute Gasteiger partial charge is 0.248 e. The van der Waals surface area contributed by atoms with Gasteiger partial charge in [0.05, 0.1) is 32.0 Å². The molecule has 0 aliphatic rings. The van der Waals surface area contributed by atoms with Gasteiger partial charge in [-0.25, -0.2) is 0 Å². The number of rotatable bonds is 9. The van der Waals surface area contributed by atoms with E-state index in [1.54, 1.807) is 43.5 Å². The maximum atomic E-state index is 12.3. The highest BCUT2D eigenvalue weighted by Crippen LogP contribution is 2.36.